The predicted molar refractivity (Wildman–Crippen MR) is 124 cm³/mol. The number of nitrogens with two attached hydrogens (primary N) is 1. The van der Waals surface area contributed by atoms with E-state index in [9.17, 15) is 18.0 Å². The number of rotatable bonds is 8. The lowest BCUT2D eigenvalue weighted by Gasteiger charge is -2.33. The molecule has 0 bridgehead atoms. The van der Waals surface area contributed by atoms with E-state index in [1.807, 2.05) is 0 Å². The quantitative estimate of drug-likeness (QED) is 0.600. The zero-order valence-electron chi connectivity index (χ0n) is 18.4. The summed E-state index contributed by atoms with van der Waals surface area (Å²) in [7, 11) is -1.29. The molecule has 2 N–H and O–H groups in total. The second-order valence-corrected chi connectivity index (χ2v) is 9.86. The maximum Gasteiger partial charge on any atom is 0.264 e. The number of amides is 2. The second-order valence-electron chi connectivity index (χ2n) is 7.56. The summed E-state index contributed by atoms with van der Waals surface area (Å²) in [6.07, 6.45) is 0.898. The zero-order valence-corrected chi connectivity index (χ0v) is 19.9. The van der Waals surface area contributed by atoms with Crippen molar-refractivity contribution in [2.24, 2.45) is 11.7 Å². The van der Waals surface area contributed by atoms with Crippen LogP contribution in [0.2, 0.25) is 5.02 Å². The number of hydrogen-bond acceptors (Lipinski definition) is 6. The van der Waals surface area contributed by atoms with Gasteiger partial charge in [-0.05, 0) is 49.2 Å². The van der Waals surface area contributed by atoms with E-state index >= 15 is 0 Å². The average Bonchev–Trinajstić information content (AvgIpc) is 2.82. The first-order valence-corrected chi connectivity index (χ1v) is 12.1. The lowest BCUT2D eigenvalue weighted by Crippen LogP contribution is -2.47. The van der Waals surface area contributed by atoms with Crippen LogP contribution in [0.3, 0.4) is 0 Å². The number of sulfonamides is 1. The highest BCUT2D eigenvalue weighted by atomic mass is 35.5. The van der Waals surface area contributed by atoms with Crippen LogP contribution in [0.5, 0.6) is 11.5 Å². The van der Waals surface area contributed by atoms with Gasteiger partial charge in [-0.25, -0.2) is 8.42 Å². The van der Waals surface area contributed by atoms with Crippen molar-refractivity contribution in [3.63, 3.8) is 0 Å². The summed E-state index contributed by atoms with van der Waals surface area (Å²) in [6.45, 7) is 0.244. The molecule has 2 aromatic rings. The third kappa shape index (κ3) is 5.51. The second kappa shape index (κ2) is 10.3. The Morgan fingerprint density at radius 1 is 1.06 bits per heavy atom. The number of benzene rings is 2. The molecule has 2 aromatic carbocycles. The number of methoxy groups -OCH3 is 2. The molecule has 0 aromatic heterocycles. The number of anilines is 1. The maximum absolute atomic E-state index is 13.6. The third-order valence-electron chi connectivity index (χ3n) is 5.59. The topological polar surface area (TPSA) is 119 Å². The number of carbonyl (C=O) groups excluding carboxylic acids is 2. The number of halogens is 1. The molecule has 0 spiro atoms. The van der Waals surface area contributed by atoms with Crippen LogP contribution < -0.4 is 19.5 Å². The minimum atomic E-state index is -4.15. The van der Waals surface area contributed by atoms with Gasteiger partial charge in [0.1, 0.15) is 6.54 Å². The van der Waals surface area contributed by atoms with Crippen LogP contribution in [0.25, 0.3) is 0 Å². The van der Waals surface area contributed by atoms with Gasteiger partial charge < -0.3 is 20.1 Å². The molecule has 0 atom stereocenters. The summed E-state index contributed by atoms with van der Waals surface area (Å²) in [6, 6.07) is 10.4. The van der Waals surface area contributed by atoms with Crippen LogP contribution >= 0.6 is 11.6 Å². The van der Waals surface area contributed by atoms with Crippen LogP contribution in [0, 0.1) is 5.92 Å². The van der Waals surface area contributed by atoms with Crippen molar-refractivity contribution < 1.29 is 27.5 Å². The number of likely N-dealkylation sites (tertiary alicyclic amines) is 1. The van der Waals surface area contributed by atoms with Gasteiger partial charge in [0.05, 0.1) is 24.8 Å². The van der Waals surface area contributed by atoms with Crippen LogP contribution in [-0.4, -0.2) is 59.0 Å². The van der Waals surface area contributed by atoms with Gasteiger partial charge >= 0.3 is 0 Å². The lowest BCUT2D eigenvalue weighted by atomic mass is 9.96. The molecule has 1 aliphatic heterocycles. The minimum absolute atomic E-state index is 0.0599. The van der Waals surface area contributed by atoms with Crippen molar-refractivity contribution in [3.05, 3.63) is 47.5 Å². The molecule has 1 saturated heterocycles. The van der Waals surface area contributed by atoms with E-state index in [1.165, 1.54) is 44.6 Å². The molecule has 1 heterocycles. The van der Waals surface area contributed by atoms with Crippen molar-refractivity contribution in [2.75, 3.05) is 38.2 Å². The highest BCUT2D eigenvalue weighted by Gasteiger charge is 2.32. The van der Waals surface area contributed by atoms with Crippen LogP contribution in [0.4, 0.5) is 5.69 Å². The first kappa shape index (κ1) is 24.7. The maximum atomic E-state index is 13.6. The monoisotopic (exact) mass is 495 g/mol. The van der Waals surface area contributed by atoms with Gasteiger partial charge in [0, 0.05) is 30.1 Å². The van der Waals surface area contributed by atoms with Gasteiger partial charge in [0.25, 0.3) is 10.0 Å². The molecule has 178 valence electrons. The molecule has 0 unspecified atom stereocenters. The van der Waals surface area contributed by atoms with Gasteiger partial charge in [-0.2, -0.15) is 0 Å². The van der Waals surface area contributed by atoms with Crippen molar-refractivity contribution >= 4 is 39.1 Å². The Labute approximate surface area is 198 Å². The number of primary amides is 1. The van der Waals surface area contributed by atoms with Crippen molar-refractivity contribution in [1.82, 2.24) is 4.90 Å². The van der Waals surface area contributed by atoms with Gasteiger partial charge in [0.2, 0.25) is 11.8 Å². The molecule has 0 aliphatic carbocycles. The van der Waals surface area contributed by atoms with E-state index in [4.69, 9.17) is 26.8 Å². The smallest absolute Gasteiger partial charge is 0.264 e. The van der Waals surface area contributed by atoms with Crippen LogP contribution in [0.1, 0.15) is 12.8 Å². The fourth-order valence-electron chi connectivity index (χ4n) is 3.66. The summed E-state index contributed by atoms with van der Waals surface area (Å²) in [5.74, 6) is -0.424. The standard InChI is InChI=1S/C22H26ClN3O6S/c1-31-19-8-7-18(13-20(19)32-2)33(29,30)26(17-5-3-16(23)4-6-17)14-21(27)25-11-9-15(10-12-25)22(24)28/h3-8,13,15H,9-12,14H2,1-2H3,(H2,24,28). The van der Waals surface area contributed by atoms with E-state index in [0.29, 0.717) is 36.7 Å². The Bertz CT molecular complexity index is 1120. The Morgan fingerprint density at radius 2 is 1.67 bits per heavy atom. The molecule has 1 aliphatic rings. The lowest BCUT2D eigenvalue weighted by molar-refractivity contribution is -0.133. The fourth-order valence-corrected chi connectivity index (χ4v) is 5.22. The van der Waals surface area contributed by atoms with Crippen molar-refractivity contribution in [2.45, 2.75) is 17.7 Å². The van der Waals surface area contributed by atoms with Crippen molar-refractivity contribution in [3.8, 4) is 11.5 Å². The minimum Gasteiger partial charge on any atom is -0.493 e. The molecule has 0 saturated carbocycles. The molecule has 0 radical (unpaired) electrons. The number of nitrogens with zero attached hydrogens (tertiary/aromatic N) is 2. The first-order chi connectivity index (χ1) is 15.7. The Kier molecular flexibility index (Phi) is 7.70. The van der Waals surface area contributed by atoms with Crippen LogP contribution in [-0.2, 0) is 19.6 Å². The first-order valence-electron chi connectivity index (χ1n) is 10.2. The van der Waals surface area contributed by atoms with E-state index < -0.39 is 16.6 Å². The Balaban J connectivity index is 1.92. The third-order valence-corrected chi connectivity index (χ3v) is 7.61. The summed E-state index contributed by atoms with van der Waals surface area (Å²) in [5, 5.41) is 0.432. The zero-order chi connectivity index (χ0) is 24.2. The van der Waals surface area contributed by atoms with Gasteiger partial charge in [-0.1, -0.05) is 11.6 Å². The molecule has 2 amide bonds. The number of ether oxygens (including phenoxy) is 2. The van der Waals surface area contributed by atoms with Crippen LogP contribution in [0.15, 0.2) is 47.4 Å². The molecule has 11 heteroatoms. The van der Waals surface area contributed by atoms with E-state index in [2.05, 4.69) is 0 Å². The SMILES string of the molecule is COc1ccc(S(=O)(=O)N(CC(=O)N2CCC(C(N)=O)CC2)c2ccc(Cl)cc2)cc1OC. The van der Waals surface area contributed by atoms with Gasteiger partial charge in [-0.3, -0.25) is 13.9 Å². The molecular weight excluding hydrogens is 470 g/mol. The molecular formula is C22H26ClN3O6S. The fraction of sp³-hybridized carbons (Fsp3) is 0.364. The van der Waals surface area contributed by atoms with Crippen molar-refractivity contribution in [1.29, 1.82) is 0 Å². The summed E-state index contributed by atoms with van der Waals surface area (Å²) in [4.78, 5) is 26.0. The largest absolute Gasteiger partial charge is 0.493 e. The van der Waals surface area contributed by atoms with E-state index in [0.717, 1.165) is 4.31 Å². The Morgan fingerprint density at radius 3 is 2.21 bits per heavy atom. The van der Waals surface area contributed by atoms with Gasteiger partial charge in [0.15, 0.2) is 11.5 Å². The Hall–Kier alpha value is -2.98. The van der Waals surface area contributed by atoms with Gasteiger partial charge in [-0.15, -0.1) is 0 Å². The normalized spacial score (nSPS) is 14.6. The summed E-state index contributed by atoms with van der Waals surface area (Å²) >= 11 is 5.98. The molecule has 1 fully saturated rings. The average molecular weight is 496 g/mol. The number of hydrogen-bond donors (Lipinski definition) is 1. The van der Waals surface area contributed by atoms with E-state index in [-0.39, 0.29) is 34.1 Å². The van der Waals surface area contributed by atoms with E-state index in [1.54, 1.807) is 17.0 Å². The molecule has 33 heavy (non-hydrogen) atoms. The molecule has 9 nitrogen and oxygen atoms in total. The highest BCUT2D eigenvalue weighted by molar-refractivity contribution is 7.92. The number of piperidine rings is 1. The summed E-state index contributed by atoms with van der Waals surface area (Å²) in [5.41, 5.74) is 5.65. The summed E-state index contributed by atoms with van der Waals surface area (Å²) < 4.78 is 38.7. The highest BCUT2D eigenvalue weighted by Crippen LogP contribution is 2.32. The number of carbonyl (C=O) groups is 2. The predicted octanol–water partition coefficient (Wildman–Crippen LogP) is 2.28. The molecule has 3 rings (SSSR count).